The number of fused-ring (bicyclic) bond motifs is 1. The number of nitrogens with zero attached hydrogens (tertiary/aromatic N) is 3. The Balaban J connectivity index is 1.93. The summed E-state index contributed by atoms with van der Waals surface area (Å²) < 4.78 is 0. The van der Waals surface area contributed by atoms with E-state index in [0.717, 1.165) is 43.7 Å². The Labute approximate surface area is 118 Å². The third kappa shape index (κ3) is 2.22. The van der Waals surface area contributed by atoms with Gasteiger partial charge in [0.2, 0.25) is 5.91 Å². The van der Waals surface area contributed by atoms with Gasteiger partial charge >= 0.3 is 0 Å². The summed E-state index contributed by atoms with van der Waals surface area (Å²) in [5.41, 5.74) is 8.32. The number of pyridine rings is 1. The Morgan fingerprint density at radius 3 is 2.95 bits per heavy atom. The van der Waals surface area contributed by atoms with Crippen molar-refractivity contribution in [1.82, 2.24) is 4.98 Å². The summed E-state index contributed by atoms with van der Waals surface area (Å²) in [5, 5.41) is 9.35. The molecule has 1 amide bonds. The van der Waals surface area contributed by atoms with Gasteiger partial charge in [0.05, 0.1) is 11.5 Å². The van der Waals surface area contributed by atoms with Crippen LogP contribution in [0.2, 0.25) is 0 Å². The van der Waals surface area contributed by atoms with Crippen LogP contribution in [0.3, 0.4) is 0 Å². The highest BCUT2D eigenvalue weighted by Gasteiger charge is 2.29. The van der Waals surface area contributed by atoms with E-state index in [1.54, 1.807) is 0 Å². The molecule has 5 heteroatoms. The number of aromatic nitrogens is 1. The fraction of sp³-hybridized carbons (Fsp3) is 0.533. The zero-order chi connectivity index (χ0) is 14.1. The standard InChI is InChI=1S/C15H18N4O/c16-8-12-7-10-3-1-2-4-13(10)18-15(12)19-6-5-11(9-19)14(17)20/h7,11H,1-6,9H2,(H2,17,20). The van der Waals surface area contributed by atoms with E-state index in [1.165, 1.54) is 12.0 Å². The maximum Gasteiger partial charge on any atom is 0.222 e. The SMILES string of the molecule is N#Cc1cc2c(nc1N1CCC(C(N)=O)C1)CCCC2. The highest BCUT2D eigenvalue weighted by atomic mass is 16.1. The van der Waals surface area contributed by atoms with Gasteiger partial charge in [0.25, 0.3) is 0 Å². The second kappa shape index (κ2) is 5.12. The molecule has 20 heavy (non-hydrogen) atoms. The molecule has 3 rings (SSSR count). The molecule has 2 heterocycles. The fourth-order valence-corrected chi connectivity index (χ4v) is 3.13. The summed E-state index contributed by atoms with van der Waals surface area (Å²) in [6, 6.07) is 4.23. The number of amides is 1. The Hall–Kier alpha value is -2.09. The summed E-state index contributed by atoms with van der Waals surface area (Å²) in [6.45, 7) is 1.32. The maximum atomic E-state index is 11.3. The molecule has 1 unspecified atom stereocenters. The number of carbonyl (C=O) groups excluding carboxylic acids is 1. The molecule has 1 aliphatic heterocycles. The first kappa shape index (κ1) is 12.9. The van der Waals surface area contributed by atoms with Gasteiger partial charge in [0, 0.05) is 18.8 Å². The van der Waals surface area contributed by atoms with E-state index in [0.29, 0.717) is 12.1 Å². The van der Waals surface area contributed by atoms with E-state index in [2.05, 4.69) is 6.07 Å². The van der Waals surface area contributed by atoms with Crippen LogP contribution in [0.4, 0.5) is 5.82 Å². The number of anilines is 1. The van der Waals surface area contributed by atoms with Crippen molar-refractivity contribution in [2.24, 2.45) is 11.7 Å². The van der Waals surface area contributed by atoms with Crippen LogP contribution in [-0.2, 0) is 17.6 Å². The number of rotatable bonds is 2. The summed E-state index contributed by atoms with van der Waals surface area (Å²) in [4.78, 5) is 18.0. The van der Waals surface area contributed by atoms with Crippen LogP contribution in [0, 0.1) is 17.2 Å². The van der Waals surface area contributed by atoms with Crippen molar-refractivity contribution < 1.29 is 4.79 Å². The lowest BCUT2D eigenvalue weighted by Gasteiger charge is -2.22. The van der Waals surface area contributed by atoms with Gasteiger partial charge in [-0.15, -0.1) is 0 Å². The molecule has 2 aliphatic rings. The van der Waals surface area contributed by atoms with Crippen LogP contribution in [0.15, 0.2) is 6.07 Å². The van der Waals surface area contributed by atoms with Gasteiger partial charge in [0.1, 0.15) is 11.9 Å². The van der Waals surface area contributed by atoms with Crippen LogP contribution >= 0.6 is 0 Å². The minimum absolute atomic E-state index is 0.126. The number of hydrogen-bond donors (Lipinski definition) is 1. The van der Waals surface area contributed by atoms with Gasteiger partial charge in [-0.25, -0.2) is 4.98 Å². The number of nitriles is 1. The van der Waals surface area contributed by atoms with Crippen molar-refractivity contribution >= 4 is 11.7 Å². The zero-order valence-electron chi connectivity index (χ0n) is 11.4. The Morgan fingerprint density at radius 2 is 2.25 bits per heavy atom. The van der Waals surface area contributed by atoms with Crippen molar-refractivity contribution in [3.8, 4) is 6.07 Å². The van der Waals surface area contributed by atoms with Crippen LogP contribution < -0.4 is 10.6 Å². The van der Waals surface area contributed by atoms with Crippen molar-refractivity contribution in [3.05, 3.63) is 22.9 Å². The summed E-state index contributed by atoms with van der Waals surface area (Å²) >= 11 is 0. The molecular formula is C15H18N4O. The van der Waals surface area contributed by atoms with Gasteiger partial charge in [0.15, 0.2) is 0 Å². The average Bonchev–Trinajstić information content (AvgIpc) is 2.95. The third-order valence-electron chi connectivity index (χ3n) is 4.29. The quantitative estimate of drug-likeness (QED) is 0.873. The molecular weight excluding hydrogens is 252 g/mol. The number of primary amides is 1. The molecule has 0 saturated carbocycles. The highest BCUT2D eigenvalue weighted by Crippen LogP contribution is 2.29. The number of nitrogens with two attached hydrogens (primary N) is 1. The van der Waals surface area contributed by atoms with E-state index in [4.69, 9.17) is 10.7 Å². The molecule has 2 N–H and O–H groups in total. The molecule has 0 bridgehead atoms. The van der Waals surface area contributed by atoms with Crippen LogP contribution in [0.5, 0.6) is 0 Å². The fourth-order valence-electron chi connectivity index (χ4n) is 3.13. The first-order valence-corrected chi connectivity index (χ1v) is 7.16. The predicted molar refractivity (Wildman–Crippen MR) is 75.1 cm³/mol. The molecule has 5 nitrogen and oxygen atoms in total. The van der Waals surface area contributed by atoms with Gasteiger partial charge in [-0.1, -0.05) is 0 Å². The number of hydrogen-bond acceptors (Lipinski definition) is 4. The van der Waals surface area contributed by atoms with E-state index in [9.17, 15) is 10.1 Å². The lowest BCUT2D eigenvalue weighted by Crippen LogP contribution is -2.28. The van der Waals surface area contributed by atoms with Crippen LogP contribution in [0.25, 0.3) is 0 Å². The normalized spacial score (nSPS) is 21.4. The predicted octanol–water partition coefficient (Wildman–Crippen LogP) is 1.14. The minimum atomic E-state index is -0.260. The minimum Gasteiger partial charge on any atom is -0.369 e. The Kier molecular flexibility index (Phi) is 3.31. The smallest absolute Gasteiger partial charge is 0.222 e. The largest absolute Gasteiger partial charge is 0.369 e. The molecule has 104 valence electrons. The molecule has 0 radical (unpaired) electrons. The maximum absolute atomic E-state index is 11.3. The molecule has 0 aromatic carbocycles. The van der Waals surface area contributed by atoms with Gasteiger partial charge < -0.3 is 10.6 Å². The zero-order valence-corrected chi connectivity index (χ0v) is 11.4. The lowest BCUT2D eigenvalue weighted by molar-refractivity contribution is -0.121. The first-order valence-electron chi connectivity index (χ1n) is 7.16. The van der Waals surface area contributed by atoms with E-state index in [1.807, 2.05) is 11.0 Å². The van der Waals surface area contributed by atoms with E-state index in [-0.39, 0.29) is 11.8 Å². The molecule has 1 fully saturated rings. The van der Waals surface area contributed by atoms with Crippen molar-refractivity contribution in [2.45, 2.75) is 32.1 Å². The van der Waals surface area contributed by atoms with Crippen molar-refractivity contribution in [3.63, 3.8) is 0 Å². The van der Waals surface area contributed by atoms with Crippen LogP contribution in [0.1, 0.15) is 36.1 Å². The molecule has 0 spiro atoms. The monoisotopic (exact) mass is 270 g/mol. The highest BCUT2D eigenvalue weighted by molar-refractivity contribution is 5.78. The lowest BCUT2D eigenvalue weighted by atomic mass is 9.95. The molecule has 1 saturated heterocycles. The Bertz CT molecular complexity index is 590. The molecule has 1 atom stereocenters. The van der Waals surface area contributed by atoms with Gasteiger partial charge in [-0.3, -0.25) is 4.79 Å². The summed E-state index contributed by atoms with van der Waals surface area (Å²) in [6.07, 6.45) is 5.09. The van der Waals surface area contributed by atoms with Crippen molar-refractivity contribution in [1.29, 1.82) is 5.26 Å². The van der Waals surface area contributed by atoms with Crippen LogP contribution in [-0.4, -0.2) is 24.0 Å². The van der Waals surface area contributed by atoms with Gasteiger partial charge in [-0.05, 0) is 43.7 Å². The number of carbonyl (C=O) groups is 1. The van der Waals surface area contributed by atoms with Gasteiger partial charge in [-0.2, -0.15) is 5.26 Å². The first-order chi connectivity index (χ1) is 9.69. The average molecular weight is 270 g/mol. The summed E-state index contributed by atoms with van der Waals surface area (Å²) in [5.74, 6) is 0.347. The second-order valence-corrected chi connectivity index (χ2v) is 5.62. The van der Waals surface area contributed by atoms with E-state index >= 15 is 0 Å². The Morgan fingerprint density at radius 1 is 1.45 bits per heavy atom. The second-order valence-electron chi connectivity index (χ2n) is 5.62. The topological polar surface area (TPSA) is 83.0 Å². The molecule has 1 aromatic heterocycles. The summed E-state index contributed by atoms with van der Waals surface area (Å²) in [7, 11) is 0. The third-order valence-corrected chi connectivity index (χ3v) is 4.29. The van der Waals surface area contributed by atoms with Crippen molar-refractivity contribution in [2.75, 3.05) is 18.0 Å². The van der Waals surface area contributed by atoms with E-state index < -0.39 is 0 Å². The number of aryl methyl sites for hydroxylation is 2. The molecule has 1 aromatic rings. The molecule has 1 aliphatic carbocycles.